The number of hydrogen-bond acceptors (Lipinski definition) is 1. The van der Waals surface area contributed by atoms with Gasteiger partial charge in [-0.15, -0.1) is 0 Å². The first-order valence-corrected chi connectivity index (χ1v) is 7.12. The third kappa shape index (κ3) is 1.97. The normalized spacial score (nSPS) is 36.1. The summed E-state index contributed by atoms with van der Waals surface area (Å²) in [5.74, 6) is 0.752. The largest absolute Gasteiger partial charge is 0.295 e. The summed E-state index contributed by atoms with van der Waals surface area (Å²) in [5.41, 5.74) is 3.73. The van der Waals surface area contributed by atoms with Crippen LogP contribution in [0.5, 0.6) is 0 Å². The third-order valence-electron chi connectivity index (χ3n) is 4.61. The zero-order valence-electron chi connectivity index (χ0n) is 10.7. The average molecular weight is 295 g/mol. The van der Waals surface area contributed by atoms with E-state index in [4.69, 9.17) is 0 Å². The molecule has 92 valence electrons. The Kier molecular flexibility index (Phi) is 3.44. The van der Waals surface area contributed by atoms with Crippen LogP contribution in [-0.4, -0.2) is 5.78 Å². The minimum absolute atomic E-state index is 0.123. The maximum Gasteiger partial charge on any atom is 0.158 e. The second-order valence-electron chi connectivity index (χ2n) is 5.34. The summed E-state index contributed by atoms with van der Waals surface area (Å²) in [5, 5.41) is 0. The smallest absolute Gasteiger partial charge is 0.158 e. The summed E-state index contributed by atoms with van der Waals surface area (Å²) in [7, 11) is 0. The molecule has 1 nitrogen and oxygen atoms in total. The van der Waals surface area contributed by atoms with Gasteiger partial charge in [0.05, 0.1) is 0 Å². The zero-order valence-corrected chi connectivity index (χ0v) is 12.3. The highest BCUT2D eigenvalue weighted by Gasteiger charge is 2.42. The van der Waals surface area contributed by atoms with Crippen molar-refractivity contribution in [1.82, 2.24) is 0 Å². The van der Waals surface area contributed by atoms with Gasteiger partial charge in [0, 0.05) is 11.8 Å². The first-order chi connectivity index (χ1) is 8.01. The van der Waals surface area contributed by atoms with Crippen LogP contribution in [0.15, 0.2) is 33.9 Å². The van der Waals surface area contributed by atoms with Gasteiger partial charge in [-0.05, 0) is 48.7 Å². The Balaban J connectivity index is 2.47. The maximum absolute atomic E-state index is 11.9. The molecule has 2 atom stereocenters. The Morgan fingerprint density at radius 2 is 2.18 bits per heavy atom. The first kappa shape index (κ1) is 12.8. The predicted molar refractivity (Wildman–Crippen MR) is 75.0 cm³/mol. The average Bonchev–Trinajstić information content (AvgIpc) is 2.35. The summed E-state index contributed by atoms with van der Waals surface area (Å²) < 4.78 is 0. The van der Waals surface area contributed by atoms with E-state index in [1.807, 2.05) is 11.9 Å². The molecule has 0 aromatic rings. The van der Waals surface area contributed by atoms with Crippen molar-refractivity contribution in [2.24, 2.45) is 11.3 Å². The lowest BCUT2D eigenvalue weighted by atomic mass is 9.60. The number of halogens is 1. The molecule has 0 amide bonds. The molecule has 0 saturated heterocycles. The van der Waals surface area contributed by atoms with Gasteiger partial charge in [0.25, 0.3) is 0 Å². The molecule has 2 aliphatic carbocycles. The van der Waals surface area contributed by atoms with Gasteiger partial charge < -0.3 is 0 Å². The van der Waals surface area contributed by atoms with Crippen molar-refractivity contribution in [3.05, 3.63) is 33.9 Å². The summed E-state index contributed by atoms with van der Waals surface area (Å²) in [4.78, 5) is 13.9. The van der Waals surface area contributed by atoms with Crippen LogP contribution in [0.3, 0.4) is 0 Å². The van der Waals surface area contributed by atoms with Gasteiger partial charge in [-0.3, -0.25) is 4.79 Å². The third-order valence-corrected chi connectivity index (χ3v) is 5.20. The molecular weight excluding hydrogens is 276 g/mol. The molecule has 17 heavy (non-hydrogen) atoms. The van der Waals surface area contributed by atoms with E-state index in [0.29, 0.717) is 18.1 Å². The molecule has 0 aromatic heterocycles. The molecule has 0 saturated carbocycles. The van der Waals surface area contributed by atoms with Crippen LogP contribution >= 0.6 is 15.9 Å². The van der Waals surface area contributed by atoms with Crippen LogP contribution in [-0.2, 0) is 4.79 Å². The van der Waals surface area contributed by atoms with E-state index < -0.39 is 0 Å². The van der Waals surface area contributed by atoms with Gasteiger partial charge in [-0.25, -0.2) is 0 Å². The first-order valence-electron chi connectivity index (χ1n) is 6.21. The molecule has 2 aliphatic rings. The number of carbonyl (C=O) groups is 1. The van der Waals surface area contributed by atoms with Crippen molar-refractivity contribution in [2.75, 3.05) is 0 Å². The number of hydrogen-bond donors (Lipinski definition) is 0. The van der Waals surface area contributed by atoms with E-state index in [1.165, 1.54) is 11.1 Å². The van der Waals surface area contributed by atoms with Gasteiger partial charge in [0.2, 0.25) is 0 Å². The molecule has 0 fully saturated rings. The summed E-state index contributed by atoms with van der Waals surface area (Å²) >= 11 is 3.40. The lowest BCUT2D eigenvalue weighted by molar-refractivity contribution is -0.117. The van der Waals surface area contributed by atoms with Crippen LogP contribution in [0.2, 0.25) is 0 Å². The standard InChI is InChI=1S/C15H19BrO/c1-10-8-14(17)11(2)12(3)15(10)6-4-13(9-16)5-7-15/h4,6,9-10H,5,7-8H2,1-3H3/b13-9+. The fraction of sp³-hybridized carbons (Fsp3) is 0.533. The van der Waals surface area contributed by atoms with Crippen LogP contribution < -0.4 is 0 Å². The van der Waals surface area contributed by atoms with Crippen molar-refractivity contribution >= 4 is 21.7 Å². The Morgan fingerprint density at radius 3 is 2.71 bits per heavy atom. The topological polar surface area (TPSA) is 17.1 Å². The number of allylic oxidation sites excluding steroid dienone is 5. The van der Waals surface area contributed by atoms with Gasteiger partial charge in [0.1, 0.15) is 0 Å². The van der Waals surface area contributed by atoms with Gasteiger partial charge >= 0.3 is 0 Å². The Labute approximate surface area is 112 Å². The van der Waals surface area contributed by atoms with E-state index in [-0.39, 0.29) is 5.41 Å². The molecule has 0 radical (unpaired) electrons. The Hall–Kier alpha value is -0.630. The monoisotopic (exact) mass is 294 g/mol. The highest BCUT2D eigenvalue weighted by atomic mass is 79.9. The van der Waals surface area contributed by atoms with Crippen LogP contribution in [0.4, 0.5) is 0 Å². The molecule has 2 unspecified atom stereocenters. The highest BCUT2D eigenvalue weighted by Crippen LogP contribution is 2.50. The van der Waals surface area contributed by atoms with Crippen molar-refractivity contribution in [2.45, 2.75) is 40.0 Å². The molecular formula is C15H19BrO. The van der Waals surface area contributed by atoms with E-state index >= 15 is 0 Å². The molecule has 0 bridgehead atoms. The van der Waals surface area contributed by atoms with Gasteiger partial charge in [-0.1, -0.05) is 40.6 Å². The fourth-order valence-corrected chi connectivity index (χ4v) is 3.51. The van der Waals surface area contributed by atoms with Gasteiger partial charge in [-0.2, -0.15) is 0 Å². The van der Waals surface area contributed by atoms with Crippen LogP contribution in [0.25, 0.3) is 0 Å². The molecule has 2 heteroatoms. The molecule has 0 aromatic carbocycles. The van der Waals surface area contributed by atoms with E-state index in [1.54, 1.807) is 0 Å². The Morgan fingerprint density at radius 1 is 1.47 bits per heavy atom. The van der Waals surface area contributed by atoms with Crippen molar-refractivity contribution in [3.8, 4) is 0 Å². The highest BCUT2D eigenvalue weighted by molar-refractivity contribution is 9.11. The number of Topliss-reactive ketones (excluding diaryl/α,β-unsaturated/α-hetero) is 1. The lowest BCUT2D eigenvalue weighted by Crippen LogP contribution is -2.36. The molecule has 2 rings (SSSR count). The van der Waals surface area contributed by atoms with Crippen molar-refractivity contribution in [1.29, 1.82) is 0 Å². The minimum atomic E-state index is 0.123. The van der Waals surface area contributed by atoms with Crippen molar-refractivity contribution in [3.63, 3.8) is 0 Å². The second-order valence-corrected chi connectivity index (χ2v) is 5.79. The van der Waals surface area contributed by atoms with Crippen LogP contribution in [0, 0.1) is 11.3 Å². The molecule has 0 heterocycles. The van der Waals surface area contributed by atoms with Crippen LogP contribution in [0.1, 0.15) is 40.0 Å². The summed E-state index contributed by atoms with van der Waals surface area (Å²) in [6.07, 6.45) is 7.44. The minimum Gasteiger partial charge on any atom is -0.295 e. The maximum atomic E-state index is 11.9. The fourth-order valence-electron chi connectivity index (χ4n) is 3.13. The van der Waals surface area contributed by atoms with Crippen molar-refractivity contribution < 1.29 is 4.79 Å². The quantitative estimate of drug-likeness (QED) is 0.641. The second kappa shape index (κ2) is 4.56. The molecule has 0 N–H and O–H groups in total. The summed E-state index contributed by atoms with van der Waals surface area (Å²) in [6, 6.07) is 0. The number of ketones is 1. The number of carbonyl (C=O) groups excluding carboxylic acids is 1. The SMILES string of the molecule is CC1=C(C)C2(C=C/C(=C\Br)CC2)C(C)CC1=O. The van der Waals surface area contributed by atoms with E-state index in [2.05, 4.69) is 41.9 Å². The Bertz CT molecular complexity index is 442. The summed E-state index contributed by atoms with van der Waals surface area (Å²) in [6.45, 7) is 6.33. The molecule has 1 spiro atoms. The lowest BCUT2D eigenvalue weighted by Gasteiger charge is -2.44. The molecule has 0 aliphatic heterocycles. The van der Waals surface area contributed by atoms with E-state index in [0.717, 1.165) is 18.4 Å². The zero-order chi connectivity index (χ0) is 12.6. The van der Waals surface area contributed by atoms with Gasteiger partial charge in [0.15, 0.2) is 5.78 Å². The van der Waals surface area contributed by atoms with E-state index in [9.17, 15) is 4.79 Å². The number of rotatable bonds is 0. The predicted octanol–water partition coefficient (Wildman–Crippen LogP) is 4.55.